The van der Waals surface area contributed by atoms with Crippen LogP contribution in [0.2, 0.25) is 10.0 Å². The molecule has 2 N–H and O–H groups in total. The third-order valence-corrected chi connectivity index (χ3v) is 5.73. The lowest BCUT2D eigenvalue weighted by Crippen LogP contribution is -2.29. The molecule has 1 saturated heterocycles. The molecule has 0 aromatic heterocycles. The Morgan fingerprint density at radius 1 is 1.00 bits per heavy atom. The fraction of sp³-hybridized carbons (Fsp3) is 0.0833. The van der Waals surface area contributed by atoms with E-state index in [4.69, 9.17) is 27.9 Å². The summed E-state index contributed by atoms with van der Waals surface area (Å²) in [6, 6.07) is 16.2. The van der Waals surface area contributed by atoms with E-state index in [0.29, 0.717) is 22.0 Å². The SMILES string of the molecule is COc1ccc(Cl)c(/C(O)=C2\C(=O)C(=O)N(c3cccc(Cl)c3)C2c2ccc(O)cc2)c1. The van der Waals surface area contributed by atoms with E-state index in [-0.39, 0.29) is 21.9 Å². The Morgan fingerprint density at radius 2 is 1.72 bits per heavy atom. The van der Waals surface area contributed by atoms with Crippen molar-refractivity contribution in [2.45, 2.75) is 6.04 Å². The number of ether oxygens (including phenoxy) is 1. The number of hydrogen-bond acceptors (Lipinski definition) is 5. The molecule has 3 aromatic carbocycles. The van der Waals surface area contributed by atoms with E-state index in [1.54, 1.807) is 42.5 Å². The maximum absolute atomic E-state index is 13.1. The quantitative estimate of drug-likeness (QED) is 0.306. The van der Waals surface area contributed by atoms with Crippen LogP contribution in [0.5, 0.6) is 11.5 Å². The van der Waals surface area contributed by atoms with Gasteiger partial charge in [-0.25, -0.2) is 0 Å². The van der Waals surface area contributed by atoms with Crippen molar-refractivity contribution >= 4 is 46.3 Å². The van der Waals surface area contributed by atoms with Crippen molar-refractivity contribution in [3.05, 3.63) is 93.5 Å². The summed E-state index contributed by atoms with van der Waals surface area (Å²) in [5, 5.41) is 21.5. The summed E-state index contributed by atoms with van der Waals surface area (Å²) in [5.74, 6) is -1.70. The van der Waals surface area contributed by atoms with Gasteiger partial charge in [-0.1, -0.05) is 41.4 Å². The number of carbonyl (C=O) groups excluding carboxylic acids is 2. The molecule has 3 aromatic rings. The number of carbonyl (C=O) groups is 2. The van der Waals surface area contributed by atoms with Gasteiger partial charge in [-0.2, -0.15) is 0 Å². The summed E-state index contributed by atoms with van der Waals surface area (Å²) in [6.45, 7) is 0. The summed E-state index contributed by atoms with van der Waals surface area (Å²) < 4.78 is 5.20. The third-order valence-electron chi connectivity index (χ3n) is 5.17. The Morgan fingerprint density at radius 3 is 2.38 bits per heavy atom. The number of ketones is 1. The van der Waals surface area contributed by atoms with Crippen molar-refractivity contribution in [3.63, 3.8) is 0 Å². The largest absolute Gasteiger partial charge is 0.508 e. The Balaban J connectivity index is 1.98. The van der Waals surface area contributed by atoms with Gasteiger partial charge in [0.1, 0.15) is 17.3 Å². The molecule has 4 rings (SSSR count). The van der Waals surface area contributed by atoms with Gasteiger partial charge in [-0.15, -0.1) is 0 Å². The van der Waals surface area contributed by atoms with E-state index in [1.165, 1.54) is 36.3 Å². The van der Waals surface area contributed by atoms with Crippen LogP contribution >= 0.6 is 23.2 Å². The topological polar surface area (TPSA) is 87.1 Å². The average molecular weight is 470 g/mol. The first-order valence-electron chi connectivity index (χ1n) is 9.51. The molecule has 1 aliphatic rings. The summed E-state index contributed by atoms with van der Waals surface area (Å²) in [5.41, 5.74) is 0.894. The van der Waals surface area contributed by atoms with Gasteiger partial charge in [0.2, 0.25) is 0 Å². The van der Waals surface area contributed by atoms with E-state index >= 15 is 0 Å². The van der Waals surface area contributed by atoms with Gasteiger partial charge in [-0.3, -0.25) is 14.5 Å². The monoisotopic (exact) mass is 469 g/mol. The number of nitrogens with zero attached hydrogens (tertiary/aromatic N) is 1. The lowest BCUT2D eigenvalue weighted by Gasteiger charge is -2.25. The zero-order chi connectivity index (χ0) is 23.0. The highest BCUT2D eigenvalue weighted by molar-refractivity contribution is 6.52. The predicted molar refractivity (Wildman–Crippen MR) is 122 cm³/mol. The number of benzene rings is 3. The first-order valence-corrected chi connectivity index (χ1v) is 10.3. The van der Waals surface area contributed by atoms with Gasteiger partial charge in [-0.05, 0) is 54.1 Å². The first-order chi connectivity index (χ1) is 15.3. The number of aliphatic hydroxyl groups is 1. The first kappa shape index (κ1) is 21.7. The maximum Gasteiger partial charge on any atom is 0.300 e. The van der Waals surface area contributed by atoms with Crippen LogP contribution < -0.4 is 9.64 Å². The molecule has 1 heterocycles. The molecule has 8 heteroatoms. The van der Waals surface area contributed by atoms with E-state index in [1.807, 2.05) is 0 Å². The number of Topliss-reactive ketones (excluding diaryl/α,β-unsaturated/α-hetero) is 1. The van der Waals surface area contributed by atoms with Gasteiger partial charge < -0.3 is 14.9 Å². The van der Waals surface area contributed by atoms with Crippen molar-refractivity contribution in [3.8, 4) is 11.5 Å². The zero-order valence-corrected chi connectivity index (χ0v) is 18.3. The summed E-state index contributed by atoms with van der Waals surface area (Å²) in [7, 11) is 1.46. The van der Waals surface area contributed by atoms with Gasteiger partial charge in [0, 0.05) is 16.3 Å². The molecule has 6 nitrogen and oxygen atoms in total. The van der Waals surface area contributed by atoms with Crippen molar-refractivity contribution < 1.29 is 24.5 Å². The minimum absolute atomic E-state index is 0.0179. The highest BCUT2D eigenvalue weighted by atomic mass is 35.5. The molecule has 1 aliphatic heterocycles. The van der Waals surface area contributed by atoms with Crippen LogP contribution in [-0.2, 0) is 9.59 Å². The minimum atomic E-state index is -0.976. The molecular weight excluding hydrogens is 453 g/mol. The lowest BCUT2D eigenvalue weighted by molar-refractivity contribution is -0.132. The molecule has 0 bridgehead atoms. The van der Waals surface area contributed by atoms with Gasteiger partial charge >= 0.3 is 0 Å². The van der Waals surface area contributed by atoms with E-state index in [2.05, 4.69) is 0 Å². The molecule has 1 unspecified atom stereocenters. The average Bonchev–Trinajstić information content (AvgIpc) is 3.05. The second-order valence-corrected chi connectivity index (χ2v) is 7.93. The molecule has 1 fully saturated rings. The van der Waals surface area contributed by atoms with E-state index in [9.17, 15) is 19.8 Å². The molecule has 0 aliphatic carbocycles. The number of methoxy groups -OCH3 is 1. The highest BCUT2D eigenvalue weighted by Gasteiger charge is 2.47. The Hall–Kier alpha value is -3.48. The third kappa shape index (κ3) is 3.79. The Kier molecular flexibility index (Phi) is 5.82. The fourth-order valence-corrected chi connectivity index (χ4v) is 4.05. The second kappa shape index (κ2) is 8.57. The number of hydrogen-bond donors (Lipinski definition) is 2. The molecular formula is C24H17Cl2NO5. The molecule has 0 spiro atoms. The summed E-state index contributed by atoms with van der Waals surface area (Å²) in [6.07, 6.45) is 0. The van der Waals surface area contributed by atoms with Crippen LogP contribution in [0.3, 0.4) is 0 Å². The number of anilines is 1. The zero-order valence-electron chi connectivity index (χ0n) is 16.8. The van der Waals surface area contributed by atoms with Crippen LogP contribution in [0.4, 0.5) is 5.69 Å². The van der Waals surface area contributed by atoms with Gasteiger partial charge in [0.05, 0.1) is 23.7 Å². The molecule has 162 valence electrons. The van der Waals surface area contributed by atoms with Gasteiger partial charge in [0.15, 0.2) is 0 Å². The molecule has 1 amide bonds. The van der Waals surface area contributed by atoms with Crippen LogP contribution in [0, 0.1) is 0 Å². The van der Waals surface area contributed by atoms with Crippen LogP contribution in [0.15, 0.2) is 72.3 Å². The van der Waals surface area contributed by atoms with Crippen molar-refractivity contribution in [2.75, 3.05) is 12.0 Å². The van der Waals surface area contributed by atoms with Crippen LogP contribution in [-0.4, -0.2) is 29.0 Å². The second-order valence-electron chi connectivity index (χ2n) is 7.09. The number of aromatic hydroxyl groups is 1. The van der Waals surface area contributed by atoms with Crippen molar-refractivity contribution in [2.24, 2.45) is 0 Å². The molecule has 0 saturated carbocycles. The number of amides is 1. The van der Waals surface area contributed by atoms with Crippen LogP contribution in [0.1, 0.15) is 17.2 Å². The van der Waals surface area contributed by atoms with Crippen LogP contribution in [0.25, 0.3) is 5.76 Å². The number of rotatable bonds is 4. The Bertz CT molecular complexity index is 1250. The fourth-order valence-electron chi connectivity index (χ4n) is 3.65. The summed E-state index contributed by atoms with van der Waals surface area (Å²) >= 11 is 12.4. The van der Waals surface area contributed by atoms with E-state index < -0.39 is 23.5 Å². The van der Waals surface area contributed by atoms with Crippen molar-refractivity contribution in [1.82, 2.24) is 0 Å². The van der Waals surface area contributed by atoms with Crippen molar-refractivity contribution in [1.29, 1.82) is 0 Å². The Labute approximate surface area is 193 Å². The highest BCUT2D eigenvalue weighted by Crippen LogP contribution is 2.44. The predicted octanol–water partition coefficient (Wildman–Crippen LogP) is 5.33. The molecule has 0 radical (unpaired) electrons. The van der Waals surface area contributed by atoms with E-state index in [0.717, 1.165) is 0 Å². The standard InChI is InChI=1S/C24H17Cl2NO5/c1-32-17-9-10-19(26)18(12-17)22(29)20-21(13-5-7-16(28)8-6-13)27(24(31)23(20)30)15-4-2-3-14(25)11-15/h2-12,21,28-29H,1H3/b22-20+. The van der Waals surface area contributed by atoms with Gasteiger partial charge in [0.25, 0.3) is 11.7 Å². The number of phenols is 1. The summed E-state index contributed by atoms with van der Waals surface area (Å²) in [4.78, 5) is 27.5. The lowest BCUT2D eigenvalue weighted by atomic mass is 9.95. The number of halogens is 2. The molecule has 1 atom stereocenters. The normalized spacial score (nSPS) is 17.6. The number of phenolic OH excluding ortho intramolecular Hbond substituents is 1. The minimum Gasteiger partial charge on any atom is -0.508 e. The number of aliphatic hydroxyl groups excluding tert-OH is 1. The molecule has 32 heavy (non-hydrogen) atoms. The maximum atomic E-state index is 13.1. The smallest absolute Gasteiger partial charge is 0.300 e.